The van der Waals surface area contributed by atoms with Gasteiger partial charge >= 0.3 is 0 Å². The second-order valence-electron chi connectivity index (χ2n) is 4.82. The maximum absolute atomic E-state index is 5.76. The summed E-state index contributed by atoms with van der Waals surface area (Å²) in [7, 11) is 3.87. The Morgan fingerprint density at radius 3 is 2.62 bits per heavy atom. The molecule has 1 rings (SSSR count). The molecule has 4 heteroatoms. The third kappa shape index (κ3) is 5.80. The first-order chi connectivity index (χ1) is 7.72. The van der Waals surface area contributed by atoms with Crippen molar-refractivity contribution in [3.8, 4) is 0 Å². The number of hydrogen-bond acceptors (Lipinski definition) is 4. The minimum atomic E-state index is 0.468. The van der Waals surface area contributed by atoms with Gasteiger partial charge in [-0.15, -0.1) is 0 Å². The number of rotatable bonds is 9. The van der Waals surface area contributed by atoms with Crippen molar-refractivity contribution < 1.29 is 9.47 Å². The van der Waals surface area contributed by atoms with Crippen LogP contribution in [0.2, 0.25) is 0 Å². The van der Waals surface area contributed by atoms with E-state index in [9.17, 15) is 0 Å². The van der Waals surface area contributed by atoms with Crippen molar-refractivity contribution in [1.82, 2.24) is 4.90 Å². The first-order valence-electron chi connectivity index (χ1n) is 6.23. The standard InChI is InChI=1S/C12H26N2O2/c1-14(10-11-8-12(13)9-11)4-3-5-16-7-6-15-2/h11-12H,3-10,13H2,1-2H3. The molecule has 1 aliphatic carbocycles. The summed E-state index contributed by atoms with van der Waals surface area (Å²) >= 11 is 0. The molecule has 0 aliphatic heterocycles. The van der Waals surface area contributed by atoms with E-state index in [-0.39, 0.29) is 0 Å². The SMILES string of the molecule is COCCOCCCN(C)CC1CC(N)C1. The molecule has 0 radical (unpaired) electrons. The van der Waals surface area contributed by atoms with E-state index in [1.807, 2.05) is 0 Å². The zero-order valence-electron chi connectivity index (χ0n) is 10.7. The van der Waals surface area contributed by atoms with Crippen molar-refractivity contribution in [2.24, 2.45) is 11.7 Å². The fourth-order valence-corrected chi connectivity index (χ4v) is 2.15. The van der Waals surface area contributed by atoms with Gasteiger partial charge in [0.15, 0.2) is 0 Å². The first-order valence-corrected chi connectivity index (χ1v) is 6.23. The Morgan fingerprint density at radius 2 is 2.00 bits per heavy atom. The Bertz CT molecular complexity index is 172. The fourth-order valence-electron chi connectivity index (χ4n) is 2.15. The Hall–Kier alpha value is -0.160. The molecule has 0 aromatic rings. The van der Waals surface area contributed by atoms with E-state index in [4.69, 9.17) is 15.2 Å². The van der Waals surface area contributed by atoms with Crippen LogP contribution >= 0.6 is 0 Å². The predicted octanol–water partition coefficient (Wildman–Crippen LogP) is 0.709. The maximum Gasteiger partial charge on any atom is 0.0700 e. The van der Waals surface area contributed by atoms with Gasteiger partial charge in [-0.2, -0.15) is 0 Å². The van der Waals surface area contributed by atoms with Gasteiger partial charge in [0.2, 0.25) is 0 Å². The lowest BCUT2D eigenvalue weighted by molar-refractivity contribution is 0.0647. The second kappa shape index (κ2) is 8.01. The molecule has 0 aromatic carbocycles. The normalized spacial score (nSPS) is 24.8. The Labute approximate surface area is 99.1 Å². The highest BCUT2D eigenvalue weighted by Crippen LogP contribution is 2.25. The average molecular weight is 230 g/mol. The molecule has 1 fully saturated rings. The van der Waals surface area contributed by atoms with Gasteiger partial charge in [-0.25, -0.2) is 0 Å². The highest BCUT2D eigenvalue weighted by Gasteiger charge is 2.26. The van der Waals surface area contributed by atoms with Crippen LogP contribution in [0.4, 0.5) is 0 Å². The largest absolute Gasteiger partial charge is 0.382 e. The van der Waals surface area contributed by atoms with E-state index >= 15 is 0 Å². The van der Waals surface area contributed by atoms with E-state index in [1.54, 1.807) is 7.11 Å². The summed E-state index contributed by atoms with van der Waals surface area (Å²) in [6.45, 7) is 4.52. The second-order valence-corrected chi connectivity index (χ2v) is 4.82. The quantitative estimate of drug-likeness (QED) is 0.593. The summed E-state index contributed by atoms with van der Waals surface area (Å²) < 4.78 is 10.3. The van der Waals surface area contributed by atoms with Crippen molar-refractivity contribution in [2.75, 3.05) is 47.1 Å². The molecule has 0 unspecified atom stereocenters. The molecular formula is C12H26N2O2. The number of ether oxygens (including phenoxy) is 2. The molecule has 2 N–H and O–H groups in total. The van der Waals surface area contributed by atoms with Crippen LogP contribution < -0.4 is 5.73 Å². The summed E-state index contributed by atoms with van der Waals surface area (Å²) in [5, 5.41) is 0. The first kappa shape index (κ1) is 13.9. The van der Waals surface area contributed by atoms with Gasteiger partial charge in [-0.1, -0.05) is 0 Å². The molecule has 1 saturated carbocycles. The molecule has 0 bridgehead atoms. The van der Waals surface area contributed by atoms with E-state index in [2.05, 4.69) is 11.9 Å². The van der Waals surface area contributed by atoms with E-state index < -0.39 is 0 Å². The van der Waals surface area contributed by atoms with E-state index in [1.165, 1.54) is 19.4 Å². The molecule has 0 saturated heterocycles. The summed E-state index contributed by atoms with van der Waals surface area (Å²) in [5.74, 6) is 0.828. The van der Waals surface area contributed by atoms with Gasteiger partial charge in [0.25, 0.3) is 0 Å². The predicted molar refractivity (Wildman–Crippen MR) is 65.5 cm³/mol. The Morgan fingerprint density at radius 1 is 1.25 bits per heavy atom. The minimum Gasteiger partial charge on any atom is -0.382 e. The lowest BCUT2D eigenvalue weighted by Crippen LogP contribution is -2.42. The molecular weight excluding hydrogens is 204 g/mol. The summed E-state index contributed by atoms with van der Waals surface area (Å²) in [5.41, 5.74) is 5.76. The van der Waals surface area contributed by atoms with Gasteiger partial charge in [-0.3, -0.25) is 0 Å². The molecule has 0 aromatic heterocycles. The van der Waals surface area contributed by atoms with E-state index in [0.29, 0.717) is 19.3 Å². The smallest absolute Gasteiger partial charge is 0.0700 e. The Balaban J connectivity index is 1.84. The summed E-state index contributed by atoms with van der Waals surface area (Å²) in [4.78, 5) is 2.39. The molecule has 4 nitrogen and oxygen atoms in total. The van der Waals surface area contributed by atoms with E-state index in [0.717, 1.165) is 25.5 Å². The molecule has 0 spiro atoms. The molecule has 96 valence electrons. The zero-order valence-corrected chi connectivity index (χ0v) is 10.7. The van der Waals surface area contributed by atoms with Crippen LogP contribution in [-0.4, -0.2) is 58.0 Å². The van der Waals surface area contributed by atoms with Crippen molar-refractivity contribution in [2.45, 2.75) is 25.3 Å². The third-order valence-electron chi connectivity index (χ3n) is 3.10. The van der Waals surface area contributed by atoms with Crippen LogP contribution in [0.15, 0.2) is 0 Å². The molecule has 0 atom stereocenters. The van der Waals surface area contributed by atoms with Crippen molar-refractivity contribution in [1.29, 1.82) is 0 Å². The maximum atomic E-state index is 5.76. The number of methoxy groups -OCH3 is 1. The highest BCUT2D eigenvalue weighted by molar-refractivity contribution is 4.83. The number of hydrogen-bond donors (Lipinski definition) is 1. The van der Waals surface area contributed by atoms with Gasteiger partial charge in [0.1, 0.15) is 0 Å². The van der Waals surface area contributed by atoms with Crippen LogP contribution in [0.5, 0.6) is 0 Å². The lowest BCUT2D eigenvalue weighted by atomic mass is 9.80. The molecule has 0 amide bonds. The van der Waals surface area contributed by atoms with Crippen LogP contribution in [0, 0.1) is 5.92 Å². The van der Waals surface area contributed by atoms with Crippen LogP contribution in [0.1, 0.15) is 19.3 Å². The Kier molecular flexibility index (Phi) is 6.96. The number of nitrogens with two attached hydrogens (primary N) is 1. The van der Waals surface area contributed by atoms with Crippen LogP contribution in [0.25, 0.3) is 0 Å². The van der Waals surface area contributed by atoms with Crippen LogP contribution in [-0.2, 0) is 9.47 Å². The molecule has 16 heavy (non-hydrogen) atoms. The zero-order chi connectivity index (χ0) is 11.8. The molecule has 0 heterocycles. The van der Waals surface area contributed by atoms with Crippen LogP contribution in [0.3, 0.4) is 0 Å². The lowest BCUT2D eigenvalue weighted by Gasteiger charge is -2.35. The van der Waals surface area contributed by atoms with Gasteiger partial charge in [0, 0.05) is 32.8 Å². The summed E-state index contributed by atoms with van der Waals surface area (Å²) in [6.07, 6.45) is 3.50. The average Bonchev–Trinajstić information content (AvgIpc) is 2.21. The van der Waals surface area contributed by atoms with Gasteiger partial charge < -0.3 is 20.1 Å². The minimum absolute atomic E-state index is 0.468. The molecule has 1 aliphatic rings. The van der Waals surface area contributed by atoms with Crippen molar-refractivity contribution >= 4 is 0 Å². The highest BCUT2D eigenvalue weighted by atomic mass is 16.5. The number of nitrogens with zero attached hydrogens (tertiary/aromatic N) is 1. The monoisotopic (exact) mass is 230 g/mol. The summed E-state index contributed by atoms with van der Waals surface area (Å²) in [6, 6.07) is 0.468. The van der Waals surface area contributed by atoms with Gasteiger partial charge in [-0.05, 0) is 32.2 Å². The fraction of sp³-hybridized carbons (Fsp3) is 1.00. The third-order valence-corrected chi connectivity index (χ3v) is 3.10. The van der Waals surface area contributed by atoms with Crippen molar-refractivity contribution in [3.63, 3.8) is 0 Å². The van der Waals surface area contributed by atoms with Gasteiger partial charge in [0.05, 0.1) is 13.2 Å². The van der Waals surface area contributed by atoms with Crippen molar-refractivity contribution in [3.05, 3.63) is 0 Å². The topological polar surface area (TPSA) is 47.7 Å².